The predicted octanol–water partition coefficient (Wildman–Crippen LogP) is 4.19. The molecule has 1 atom stereocenters. The minimum Gasteiger partial charge on any atom is -0.324 e. The molecule has 0 spiro atoms. The average Bonchev–Trinajstić information content (AvgIpc) is 2.47. The summed E-state index contributed by atoms with van der Waals surface area (Å²) in [6.07, 6.45) is 4.06. The first-order chi connectivity index (χ1) is 9.22. The largest absolute Gasteiger partial charge is 0.324 e. The van der Waals surface area contributed by atoms with Crippen LogP contribution >= 0.6 is 11.8 Å². The minimum absolute atomic E-state index is 0.162. The van der Waals surface area contributed by atoms with E-state index in [4.69, 9.17) is 0 Å². The zero-order valence-electron chi connectivity index (χ0n) is 11.6. The van der Waals surface area contributed by atoms with Crippen LogP contribution in [-0.4, -0.2) is 10.7 Å². The fraction of sp³-hybridized carbons (Fsp3) is 0.438. The monoisotopic (exact) mass is 275 g/mol. The van der Waals surface area contributed by atoms with Crippen LogP contribution in [0.4, 0.5) is 0 Å². The Labute approximate surface area is 119 Å². The standard InChI is InChI=1S/C16H21NOS/c1-3-5-11-16(4-2)15(18)17-14(12-19-16)13-9-7-6-8-10-13/h6-10,12H,3-5,11H2,1-2H3,(H,17,18)/t16-/m1/s1. The molecule has 2 rings (SSSR count). The van der Waals surface area contributed by atoms with Crippen molar-refractivity contribution in [3.05, 3.63) is 41.3 Å². The molecule has 0 aliphatic carbocycles. The molecule has 0 unspecified atom stereocenters. The first kappa shape index (κ1) is 14.2. The summed E-state index contributed by atoms with van der Waals surface area (Å²) < 4.78 is -0.270. The Balaban J connectivity index is 2.19. The Morgan fingerprint density at radius 1 is 1.21 bits per heavy atom. The predicted molar refractivity (Wildman–Crippen MR) is 82.7 cm³/mol. The number of benzene rings is 1. The van der Waals surface area contributed by atoms with Crippen LogP contribution in [0, 0.1) is 0 Å². The van der Waals surface area contributed by atoms with Crippen LogP contribution < -0.4 is 5.32 Å². The van der Waals surface area contributed by atoms with Crippen LogP contribution in [0.2, 0.25) is 0 Å². The average molecular weight is 275 g/mol. The number of hydrogen-bond acceptors (Lipinski definition) is 2. The van der Waals surface area contributed by atoms with Gasteiger partial charge in [-0.25, -0.2) is 0 Å². The molecule has 1 aromatic carbocycles. The van der Waals surface area contributed by atoms with Gasteiger partial charge in [-0.1, -0.05) is 57.0 Å². The molecule has 0 radical (unpaired) electrons. The molecule has 19 heavy (non-hydrogen) atoms. The molecule has 0 bridgehead atoms. The zero-order chi connectivity index (χ0) is 13.7. The van der Waals surface area contributed by atoms with Crippen LogP contribution in [0.15, 0.2) is 35.7 Å². The number of nitrogens with one attached hydrogen (secondary N) is 1. The van der Waals surface area contributed by atoms with E-state index in [0.717, 1.165) is 36.9 Å². The van der Waals surface area contributed by atoms with Crippen molar-refractivity contribution in [3.63, 3.8) is 0 Å². The first-order valence-corrected chi connectivity index (χ1v) is 7.84. The van der Waals surface area contributed by atoms with E-state index in [0.29, 0.717) is 0 Å². The lowest BCUT2D eigenvalue weighted by molar-refractivity contribution is -0.122. The number of rotatable bonds is 5. The van der Waals surface area contributed by atoms with E-state index in [2.05, 4.69) is 24.6 Å². The molecule has 1 heterocycles. The minimum atomic E-state index is -0.270. The van der Waals surface area contributed by atoms with Crippen LogP contribution in [0.25, 0.3) is 5.70 Å². The van der Waals surface area contributed by atoms with Gasteiger partial charge in [0.1, 0.15) is 0 Å². The molecule has 1 aliphatic heterocycles. The zero-order valence-corrected chi connectivity index (χ0v) is 12.4. The summed E-state index contributed by atoms with van der Waals surface area (Å²) >= 11 is 1.69. The molecule has 0 saturated carbocycles. The topological polar surface area (TPSA) is 29.1 Å². The van der Waals surface area contributed by atoms with Gasteiger partial charge >= 0.3 is 0 Å². The highest BCUT2D eigenvalue weighted by molar-refractivity contribution is 8.04. The third kappa shape index (κ3) is 3.03. The van der Waals surface area contributed by atoms with Crippen LogP contribution in [0.3, 0.4) is 0 Å². The lowest BCUT2D eigenvalue weighted by Crippen LogP contribution is -2.45. The van der Waals surface area contributed by atoms with Crippen molar-refractivity contribution in [1.29, 1.82) is 0 Å². The van der Waals surface area contributed by atoms with Gasteiger partial charge in [0, 0.05) is 0 Å². The first-order valence-electron chi connectivity index (χ1n) is 6.96. The maximum atomic E-state index is 12.5. The second-order valence-corrected chi connectivity index (χ2v) is 6.17. The number of thioether (sulfide) groups is 1. The van der Waals surface area contributed by atoms with E-state index in [1.54, 1.807) is 11.8 Å². The van der Waals surface area contributed by atoms with Gasteiger partial charge in [0.15, 0.2) is 0 Å². The molecule has 2 nitrogen and oxygen atoms in total. The highest BCUT2D eigenvalue weighted by Crippen LogP contribution is 2.40. The van der Waals surface area contributed by atoms with Crippen molar-refractivity contribution >= 4 is 23.4 Å². The molecule has 0 fully saturated rings. The normalized spacial score (nSPS) is 22.8. The van der Waals surface area contributed by atoms with Crippen molar-refractivity contribution in [2.24, 2.45) is 0 Å². The quantitative estimate of drug-likeness (QED) is 0.873. The smallest absolute Gasteiger partial charge is 0.240 e. The number of unbranched alkanes of at least 4 members (excludes halogenated alkanes) is 1. The summed E-state index contributed by atoms with van der Waals surface area (Å²) in [5.74, 6) is 0.162. The van der Waals surface area contributed by atoms with Gasteiger partial charge in [-0.15, -0.1) is 11.8 Å². The van der Waals surface area contributed by atoms with Crippen LogP contribution in [0.5, 0.6) is 0 Å². The lowest BCUT2D eigenvalue weighted by Gasteiger charge is -2.33. The van der Waals surface area contributed by atoms with Crippen LogP contribution in [0.1, 0.15) is 45.1 Å². The lowest BCUT2D eigenvalue weighted by atomic mass is 9.96. The Kier molecular flexibility index (Phi) is 4.70. The Hall–Kier alpha value is -1.22. The maximum absolute atomic E-state index is 12.5. The van der Waals surface area contributed by atoms with E-state index in [1.807, 2.05) is 30.3 Å². The van der Waals surface area contributed by atoms with E-state index in [9.17, 15) is 4.79 Å². The van der Waals surface area contributed by atoms with Crippen molar-refractivity contribution in [1.82, 2.24) is 5.32 Å². The highest BCUT2D eigenvalue weighted by atomic mass is 32.2. The molecule has 3 heteroatoms. The van der Waals surface area contributed by atoms with Crippen LogP contribution in [-0.2, 0) is 4.79 Å². The van der Waals surface area contributed by atoms with E-state index < -0.39 is 0 Å². The number of hydrogen-bond donors (Lipinski definition) is 1. The summed E-state index contributed by atoms with van der Waals surface area (Å²) in [5.41, 5.74) is 2.00. The fourth-order valence-corrected chi connectivity index (χ4v) is 3.43. The van der Waals surface area contributed by atoms with Gasteiger partial charge in [0.2, 0.25) is 5.91 Å². The highest BCUT2D eigenvalue weighted by Gasteiger charge is 2.39. The molecule has 0 aromatic heterocycles. The Morgan fingerprint density at radius 2 is 1.95 bits per heavy atom. The van der Waals surface area contributed by atoms with E-state index in [1.165, 1.54) is 0 Å². The molecule has 0 saturated heterocycles. The van der Waals surface area contributed by atoms with Gasteiger partial charge in [0.25, 0.3) is 0 Å². The van der Waals surface area contributed by atoms with E-state index >= 15 is 0 Å². The third-order valence-corrected chi connectivity index (χ3v) is 5.14. The Morgan fingerprint density at radius 3 is 2.53 bits per heavy atom. The fourth-order valence-electron chi connectivity index (χ4n) is 2.30. The van der Waals surface area contributed by atoms with Crippen molar-refractivity contribution in [2.45, 2.75) is 44.3 Å². The third-order valence-electron chi connectivity index (χ3n) is 3.65. The van der Waals surface area contributed by atoms with Crippen molar-refractivity contribution < 1.29 is 4.79 Å². The van der Waals surface area contributed by atoms with Crippen molar-refractivity contribution in [3.8, 4) is 0 Å². The van der Waals surface area contributed by atoms with Crippen molar-refractivity contribution in [2.75, 3.05) is 0 Å². The summed E-state index contributed by atoms with van der Waals surface area (Å²) in [5, 5.41) is 5.19. The molecular formula is C16H21NOS. The molecule has 1 aliphatic rings. The second kappa shape index (κ2) is 6.29. The second-order valence-electron chi connectivity index (χ2n) is 4.92. The number of carbonyl (C=O) groups is 1. The molecule has 1 amide bonds. The number of carbonyl (C=O) groups excluding carboxylic acids is 1. The molecule has 1 aromatic rings. The molecular weight excluding hydrogens is 254 g/mol. The summed E-state index contributed by atoms with van der Waals surface area (Å²) in [4.78, 5) is 12.5. The van der Waals surface area contributed by atoms with Gasteiger partial charge < -0.3 is 5.32 Å². The SMILES string of the molecule is CCCC[C@@]1(CC)SC=C(c2ccccc2)NC1=O. The number of amides is 1. The summed E-state index contributed by atoms with van der Waals surface area (Å²) in [7, 11) is 0. The Bertz CT molecular complexity index is 469. The maximum Gasteiger partial charge on any atom is 0.240 e. The van der Waals surface area contributed by atoms with Gasteiger partial charge in [-0.2, -0.15) is 0 Å². The molecule has 102 valence electrons. The van der Waals surface area contributed by atoms with E-state index in [-0.39, 0.29) is 10.7 Å². The molecule has 1 N–H and O–H groups in total. The summed E-state index contributed by atoms with van der Waals surface area (Å²) in [6.45, 7) is 4.27. The van der Waals surface area contributed by atoms with Gasteiger partial charge in [-0.3, -0.25) is 4.79 Å². The van der Waals surface area contributed by atoms with Gasteiger partial charge in [0.05, 0.1) is 10.4 Å². The summed E-state index contributed by atoms with van der Waals surface area (Å²) in [6, 6.07) is 10.0. The van der Waals surface area contributed by atoms with Gasteiger partial charge in [-0.05, 0) is 23.8 Å².